The summed E-state index contributed by atoms with van der Waals surface area (Å²) in [6.07, 6.45) is 5.53. The van der Waals surface area contributed by atoms with Gasteiger partial charge >= 0.3 is 0 Å². The lowest BCUT2D eigenvalue weighted by Gasteiger charge is -2.11. The highest BCUT2D eigenvalue weighted by Crippen LogP contribution is 2.23. The number of aromatic amines is 1. The Morgan fingerprint density at radius 1 is 1.00 bits per heavy atom. The first-order chi connectivity index (χ1) is 8.68. The van der Waals surface area contributed by atoms with Gasteiger partial charge < -0.3 is 4.98 Å². The van der Waals surface area contributed by atoms with Crippen molar-refractivity contribution in [2.24, 2.45) is 0 Å². The van der Waals surface area contributed by atoms with Gasteiger partial charge in [-0.05, 0) is 50.7 Å². The van der Waals surface area contributed by atoms with Crippen LogP contribution in [-0.2, 0) is 12.8 Å². The molecule has 18 heavy (non-hydrogen) atoms. The maximum atomic E-state index is 12.7. The predicted molar refractivity (Wildman–Crippen MR) is 75.3 cm³/mol. The summed E-state index contributed by atoms with van der Waals surface area (Å²) in [5, 5.41) is 0.899. The second-order valence-corrected chi connectivity index (χ2v) is 5.42. The molecule has 0 amide bonds. The first kappa shape index (κ1) is 11.5. The van der Waals surface area contributed by atoms with Gasteiger partial charge in [0.15, 0.2) is 5.43 Å². The van der Waals surface area contributed by atoms with Crippen LogP contribution >= 0.6 is 0 Å². The smallest absolute Gasteiger partial charge is 0.193 e. The van der Waals surface area contributed by atoms with Crippen molar-refractivity contribution < 1.29 is 0 Å². The van der Waals surface area contributed by atoms with E-state index in [-0.39, 0.29) is 5.43 Å². The Morgan fingerprint density at radius 2 is 1.72 bits per heavy atom. The number of pyridine rings is 1. The molecule has 0 saturated carbocycles. The summed E-state index contributed by atoms with van der Waals surface area (Å²) < 4.78 is 0. The highest BCUT2D eigenvalue weighted by Gasteiger charge is 2.16. The molecular formula is C16H19NO. The molecule has 0 atom stereocenters. The van der Waals surface area contributed by atoms with E-state index in [4.69, 9.17) is 0 Å². The summed E-state index contributed by atoms with van der Waals surface area (Å²) >= 11 is 0. The maximum Gasteiger partial charge on any atom is 0.193 e. The molecular weight excluding hydrogens is 222 g/mol. The van der Waals surface area contributed by atoms with Crippen LogP contribution in [0.4, 0.5) is 0 Å². The zero-order valence-electron chi connectivity index (χ0n) is 11.1. The fraction of sp³-hybridized carbons (Fsp3) is 0.438. The quantitative estimate of drug-likeness (QED) is 0.704. The van der Waals surface area contributed by atoms with Crippen molar-refractivity contribution in [1.29, 1.82) is 0 Å². The normalized spacial score (nSPS) is 15.4. The highest BCUT2D eigenvalue weighted by molar-refractivity contribution is 5.85. The van der Waals surface area contributed by atoms with Gasteiger partial charge in [-0.25, -0.2) is 0 Å². The minimum atomic E-state index is 0.266. The van der Waals surface area contributed by atoms with Crippen LogP contribution in [0.15, 0.2) is 16.9 Å². The molecule has 94 valence electrons. The van der Waals surface area contributed by atoms with Crippen LogP contribution in [0.5, 0.6) is 0 Å². The highest BCUT2D eigenvalue weighted by atomic mass is 16.1. The van der Waals surface area contributed by atoms with Gasteiger partial charge in [-0.15, -0.1) is 0 Å². The molecule has 0 bridgehead atoms. The second kappa shape index (κ2) is 4.27. The number of hydrogen-bond acceptors (Lipinski definition) is 1. The van der Waals surface area contributed by atoms with Crippen LogP contribution in [-0.4, -0.2) is 4.98 Å². The molecule has 0 spiro atoms. The third kappa shape index (κ3) is 1.67. The number of aromatic nitrogens is 1. The lowest BCUT2D eigenvalue weighted by atomic mass is 9.99. The molecule has 0 fully saturated rings. The maximum absolute atomic E-state index is 12.7. The van der Waals surface area contributed by atoms with Crippen LogP contribution in [0.25, 0.3) is 10.9 Å². The third-order valence-electron chi connectivity index (χ3n) is 4.12. The molecule has 0 aliphatic heterocycles. The Hall–Kier alpha value is -1.57. The number of fused-ring (bicyclic) bond motifs is 2. The SMILES string of the molecule is Cc1ccc(C)c2c(=O)c3c([nH]c12)CCCCC3. The zero-order chi connectivity index (χ0) is 12.7. The number of rotatable bonds is 0. The molecule has 2 heteroatoms. The Morgan fingerprint density at radius 3 is 2.56 bits per heavy atom. The van der Waals surface area contributed by atoms with E-state index in [1.165, 1.54) is 24.1 Å². The lowest BCUT2D eigenvalue weighted by molar-refractivity contribution is 0.708. The summed E-state index contributed by atoms with van der Waals surface area (Å²) in [7, 11) is 0. The summed E-state index contributed by atoms with van der Waals surface area (Å²) in [5.74, 6) is 0. The van der Waals surface area contributed by atoms with Crippen molar-refractivity contribution >= 4 is 10.9 Å². The number of hydrogen-bond donors (Lipinski definition) is 1. The van der Waals surface area contributed by atoms with Gasteiger partial charge in [-0.2, -0.15) is 0 Å². The molecule has 1 N–H and O–H groups in total. The Bertz CT molecular complexity index is 667. The van der Waals surface area contributed by atoms with Crippen molar-refractivity contribution in [3.8, 4) is 0 Å². The molecule has 1 heterocycles. The molecule has 1 aliphatic carbocycles. The monoisotopic (exact) mass is 241 g/mol. The number of benzene rings is 1. The van der Waals surface area contributed by atoms with Crippen LogP contribution in [0, 0.1) is 13.8 Å². The second-order valence-electron chi connectivity index (χ2n) is 5.42. The molecule has 0 unspecified atom stereocenters. The van der Waals surface area contributed by atoms with E-state index in [1.54, 1.807) is 0 Å². The first-order valence-electron chi connectivity index (χ1n) is 6.82. The largest absolute Gasteiger partial charge is 0.358 e. The summed E-state index contributed by atoms with van der Waals surface area (Å²) in [5.41, 5.74) is 5.78. The van der Waals surface area contributed by atoms with Gasteiger partial charge in [0.05, 0.1) is 5.52 Å². The van der Waals surface area contributed by atoms with Gasteiger partial charge in [0.25, 0.3) is 0 Å². The standard InChI is InChI=1S/C16H19NO/c1-10-8-9-11(2)15-14(10)16(18)12-6-4-3-5-7-13(12)17-15/h8-9H,3-7H2,1-2H3,(H,17,18). The lowest BCUT2D eigenvalue weighted by Crippen LogP contribution is -2.15. The first-order valence-corrected chi connectivity index (χ1v) is 6.82. The van der Waals surface area contributed by atoms with Crippen LogP contribution in [0.1, 0.15) is 41.6 Å². The third-order valence-corrected chi connectivity index (χ3v) is 4.12. The van der Waals surface area contributed by atoms with Gasteiger partial charge in [-0.1, -0.05) is 18.6 Å². The van der Waals surface area contributed by atoms with Gasteiger partial charge in [0.1, 0.15) is 0 Å². The fourth-order valence-corrected chi connectivity index (χ4v) is 3.04. The van der Waals surface area contributed by atoms with E-state index in [9.17, 15) is 4.79 Å². The van der Waals surface area contributed by atoms with E-state index in [0.717, 1.165) is 41.3 Å². The molecule has 2 aromatic rings. The molecule has 2 nitrogen and oxygen atoms in total. The molecule has 0 saturated heterocycles. The number of H-pyrrole nitrogens is 1. The fourth-order valence-electron chi connectivity index (χ4n) is 3.04. The molecule has 1 aromatic heterocycles. The molecule has 3 rings (SSSR count). The Balaban J connectivity index is 2.42. The van der Waals surface area contributed by atoms with Crippen molar-refractivity contribution in [1.82, 2.24) is 4.98 Å². The van der Waals surface area contributed by atoms with Crippen molar-refractivity contribution in [3.63, 3.8) is 0 Å². The summed E-state index contributed by atoms with van der Waals surface area (Å²) in [6.45, 7) is 4.10. The predicted octanol–water partition coefficient (Wildman–Crippen LogP) is 3.41. The summed E-state index contributed by atoms with van der Waals surface area (Å²) in [6, 6.07) is 4.15. The van der Waals surface area contributed by atoms with Crippen LogP contribution in [0.2, 0.25) is 0 Å². The van der Waals surface area contributed by atoms with Gasteiger partial charge in [-0.3, -0.25) is 4.79 Å². The number of aryl methyl sites for hydroxylation is 3. The average molecular weight is 241 g/mol. The summed E-state index contributed by atoms with van der Waals surface area (Å²) in [4.78, 5) is 16.2. The minimum absolute atomic E-state index is 0.266. The van der Waals surface area contributed by atoms with Crippen LogP contribution < -0.4 is 5.43 Å². The van der Waals surface area contributed by atoms with E-state index >= 15 is 0 Å². The van der Waals surface area contributed by atoms with E-state index < -0.39 is 0 Å². The van der Waals surface area contributed by atoms with Crippen molar-refractivity contribution in [2.75, 3.05) is 0 Å². The van der Waals surface area contributed by atoms with E-state index in [2.05, 4.69) is 24.0 Å². The van der Waals surface area contributed by atoms with Crippen molar-refractivity contribution in [2.45, 2.75) is 46.0 Å². The molecule has 0 radical (unpaired) electrons. The van der Waals surface area contributed by atoms with E-state index in [1.807, 2.05) is 6.92 Å². The topological polar surface area (TPSA) is 32.9 Å². The average Bonchev–Trinajstić information content (AvgIpc) is 2.59. The van der Waals surface area contributed by atoms with Crippen LogP contribution in [0.3, 0.4) is 0 Å². The zero-order valence-corrected chi connectivity index (χ0v) is 11.1. The Kier molecular flexibility index (Phi) is 2.73. The molecule has 1 aromatic carbocycles. The van der Waals surface area contributed by atoms with Crippen molar-refractivity contribution in [3.05, 3.63) is 44.7 Å². The Labute approximate surface area is 107 Å². The minimum Gasteiger partial charge on any atom is -0.358 e. The number of nitrogens with one attached hydrogen (secondary N) is 1. The van der Waals surface area contributed by atoms with Gasteiger partial charge in [0, 0.05) is 16.6 Å². The van der Waals surface area contributed by atoms with E-state index in [0.29, 0.717) is 0 Å². The molecule has 1 aliphatic rings. The van der Waals surface area contributed by atoms with Gasteiger partial charge in [0.2, 0.25) is 0 Å².